The maximum atomic E-state index is 11.5. The number of carbonyl (C=O) groups is 1. The van der Waals surface area contributed by atoms with E-state index in [1.807, 2.05) is 12.1 Å². The van der Waals surface area contributed by atoms with Crippen LogP contribution in [-0.2, 0) is 16.0 Å². The standard InChI is InChI=1S/C18H27N3O3.HI/c1-4-19-18(21-10-9-15(12-21)13-23-2)20-11-14-5-7-16(8-6-14)17(22)24-3;/h5-8,15H,4,9-13H2,1-3H3,(H,19,20);1H. The van der Waals surface area contributed by atoms with Crippen molar-refractivity contribution in [3.05, 3.63) is 35.4 Å². The normalized spacial score (nSPS) is 17.2. The molecule has 2 rings (SSSR count). The Labute approximate surface area is 167 Å². The summed E-state index contributed by atoms with van der Waals surface area (Å²) < 4.78 is 9.97. The highest BCUT2D eigenvalue weighted by atomic mass is 127. The Morgan fingerprint density at radius 3 is 2.64 bits per heavy atom. The summed E-state index contributed by atoms with van der Waals surface area (Å²) in [5, 5.41) is 3.36. The number of likely N-dealkylation sites (tertiary alicyclic amines) is 1. The fraction of sp³-hybridized carbons (Fsp3) is 0.556. The number of guanidine groups is 1. The molecular formula is C18H28IN3O3. The summed E-state index contributed by atoms with van der Waals surface area (Å²) in [5.41, 5.74) is 1.62. The van der Waals surface area contributed by atoms with Crippen LogP contribution in [0, 0.1) is 5.92 Å². The molecule has 0 bridgehead atoms. The summed E-state index contributed by atoms with van der Waals surface area (Å²) >= 11 is 0. The molecule has 25 heavy (non-hydrogen) atoms. The molecule has 140 valence electrons. The van der Waals surface area contributed by atoms with Gasteiger partial charge in [-0.2, -0.15) is 0 Å². The second-order valence-electron chi connectivity index (χ2n) is 5.91. The number of rotatable bonds is 6. The molecule has 6 nitrogen and oxygen atoms in total. The minimum atomic E-state index is -0.320. The van der Waals surface area contributed by atoms with Gasteiger partial charge < -0.3 is 19.7 Å². The Bertz CT molecular complexity index is 563. The van der Waals surface area contributed by atoms with E-state index >= 15 is 0 Å². The van der Waals surface area contributed by atoms with Crippen LogP contribution < -0.4 is 5.32 Å². The lowest BCUT2D eigenvalue weighted by molar-refractivity contribution is 0.0600. The molecule has 1 aromatic rings. The number of benzene rings is 1. The van der Waals surface area contributed by atoms with Gasteiger partial charge in [0.1, 0.15) is 0 Å². The molecular weight excluding hydrogens is 433 g/mol. The molecule has 0 spiro atoms. The van der Waals surface area contributed by atoms with Gasteiger partial charge in [-0.25, -0.2) is 9.79 Å². The fourth-order valence-corrected chi connectivity index (χ4v) is 2.85. The minimum Gasteiger partial charge on any atom is -0.465 e. The zero-order valence-electron chi connectivity index (χ0n) is 15.2. The molecule has 0 radical (unpaired) electrons. The van der Waals surface area contributed by atoms with Crippen LogP contribution in [0.2, 0.25) is 0 Å². The Kier molecular flexibility index (Phi) is 9.81. The smallest absolute Gasteiger partial charge is 0.337 e. The van der Waals surface area contributed by atoms with E-state index < -0.39 is 0 Å². The first-order valence-electron chi connectivity index (χ1n) is 8.37. The highest BCUT2D eigenvalue weighted by molar-refractivity contribution is 14.0. The van der Waals surface area contributed by atoms with Gasteiger partial charge in [-0.3, -0.25) is 0 Å². The molecule has 1 aliphatic heterocycles. The molecule has 0 aliphatic carbocycles. The van der Waals surface area contributed by atoms with Crippen molar-refractivity contribution in [2.24, 2.45) is 10.9 Å². The third-order valence-electron chi connectivity index (χ3n) is 4.11. The van der Waals surface area contributed by atoms with Crippen molar-refractivity contribution in [2.45, 2.75) is 19.9 Å². The van der Waals surface area contributed by atoms with Gasteiger partial charge >= 0.3 is 5.97 Å². The van der Waals surface area contributed by atoms with Crippen molar-refractivity contribution in [1.29, 1.82) is 0 Å². The number of hydrogen-bond donors (Lipinski definition) is 1. The monoisotopic (exact) mass is 461 g/mol. The van der Waals surface area contributed by atoms with E-state index in [0.717, 1.165) is 44.2 Å². The van der Waals surface area contributed by atoms with Crippen LogP contribution >= 0.6 is 24.0 Å². The maximum Gasteiger partial charge on any atom is 0.337 e. The Morgan fingerprint density at radius 1 is 1.32 bits per heavy atom. The van der Waals surface area contributed by atoms with Crippen LogP contribution in [0.4, 0.5) is 0 Å². The lowest BCUT2D eigenvalue weighted by Crippen LogP contribution is -2.40. The van der Waals surface area contributed by atoms with Gasteiger partial charge in [0.05, 0.1) is 25.8 Å². The lowest BCUT2D eigenvalue weighted by atomic mass is 10.1. The van der Waals surface area contributed by atoms with Crippen LogP contribution in [0.3, 0.4) is 0 Å². The molecule has 7 heteroatoms. The molecule has 1 atom stereocenters. The van der Waals surface area contributed by atoms with E-state index in [1.54, 1.807) is 19.2 Å². The first-order valence-corrected chi connectivity index (χ1v) is 8.37. The quantitative estimate of drug-likeness (QED) is 0.306. The van der Waals surface area contributed by atoms with E-state index in [9.17, 15) is 4.79 Å². The van der Waals surface area contributed by atoms with Crippen molar-refractivity contribution in [3.63, 3.8) is 0 Å². The van der Waals surface area contributed by atoms with E-state index in [0.29, 0.717) is 18.0 Å². The third kappa shape index (κ3) is 6.47. The summed E-state index contributed by atoms with van der Waals surface area (Å²) in [6, 6.07) is 7.37. The second-order valence-corrected chi connectivity index (χ2v) is 5.91. The number of halogens is 1. The largest absolute Gasteiger partial charge is 0.465 e. The van der Waals surface area contributed by atoms with E-state index in [-0.39, 0.29) is 29.9 Å². The molecule has 1 fully saturated rings. The van der Waals surface area contributed by atoms with Gasteiger partial charge in [0.25, 0.3) is 0 Å². The van der Waals surface area contributed by atoms with E-state index in [1.165, 1.54) is 7.11 Å². The molecule has 0 saturated carbocycles. The first kappa shape index (κ1) is 21.7. The number of carbonyl (C=O) groups excluding carboxylic acids is 1. The summed E-state index contributed by atoms with van der Waals surface area (Å²) in [5.74, 6) is 1.19. The fourth-order valence-electron chi connectivity index (χ4n) is 2.85. The zero-order valence-corrected chi connectivity index (χ0v) is 17.5. The number of nitrogens with one attached hydrogen (secondary N) is 1. The van der Waals surface area contributed by atoms with Crippen LogP contribution in [-0.4, -0.2) is 57.3 Å². The van der Waals surface area contributed by atoms with Crippen LogP contribution in [0.25, 0.3) is 0 Å². The van der Waals surface area contributed by atoms with Crippen molar-refractivity contribution < 1.29 is 14.3 Å². The highest BCUT2D eigenvalue weighted by Gasteiger charge is 2.24. The Balaban J connectivity index is 0.00000312. The topological polar surface area (TPSA) is 63.2 Å². The van der Waals surface area contributed by atoms with Gasteiger partial charge in [0.2, 0.25) is 0 Å². The second kappa shape index (κ2) is 11.3. The van der Waals surface area contributed by atoms with Gasteiger partial charge in [-0.05, 0) is 31.0 Å². The lowest BCUT2D eigenvalue weighted by Gasteiger charge is -2.21. The highest BCUT2D eigenvalue weighted by Crippen LogP contribution is 2.16. The summed E-state index contributed by atoms with van der Waals surface area (Å²) in [6.07, 6.45) is 1.13. The van der Waals surface area contributed by atoms with Gasteiger partial charge in [-0.15, -0.1) is 24.0 Å². The predicted octanol–water partition coefficient (Wildman–Crippen LogP) is 2.53. The van der Waals surface area contributed by atoms with Crippen molar-refractivity contribution in [1.82, 2.24) is 10.2 Å². The van der Waals surface area contributed by atoms with Crippen LogP contribution in [0.5, 0.6) is 0 Å². The number of hydrogen-bond acceptors (Lipinski definition) is 4. The van der Waals surface area contributed by atoms with Crippen molar-refractivity contribution in [2.75, 3.05) is 40.5 Å². The number of methoxy groups -OCH3 is 2. The van der Waals surface area contributed by atoms with Crippen molar-refractivity contribution >= 4 is 35.9 Å². The summed E-state index contributed by atoms with van der Waals surface area (Å²) in [6.45, 7) is 6.26. The van der Waals surface area contributed by atoms with Crippen LogP contribution in [0.15, 0.2) is 29.3 Å². The zero-order chi connectivity index (χ0) is 17.4. The third-order valence-corrected chi connectivity index (χ3v) is 4.11. The summed E-state index contributed by atoms with van der Waals surface area (Å²) in [4.78, 5) is 18.5. The van der Waals surface area contributed by atoms with Gasteiger partial charge in [-0.1, -0.05) is 12.1 Å². The number of aliphatic imine (C=N–C) groups is 1. The number of ether oxygens (including phenoxy) is 2. The minimum absolute atomic E-state index is 0. The van der Waals surface area contributed by atoms with E-state index in [4.69, 9.17) is 14.5 Å². The molecule has 1 aromatic carbocycles. The molecule has 0 amide bonds. The van der Waals surface area contributed by atoms with Gasteiger partial charge in [0, 0.05) is 32.7 Å². The van der Waals surface area contributed by atoms with Crippen LogP contribution in [0.1, 0.15) is 29.3 Å². The summed E-state index contributed by atoms with van der Waals surface area (Å²) in [7, 11) is 3.13. The Morgan fingerprint density at radius 2 is 2.04 bits per heavy atom. The van der Waals surface area contributed by atoms with E-state index in [2.05, 4.69) is 17.1 Å². The van der Waals surface area contributed by atoms with Crippen molar-refractivity contribution in [3.8, 4) is 0 Å². The average Bonchev–Trinajstić information content (AvgIpc) is 3.07. The molecule has 1 aliphatic rings. The predicted molar refractivity (Wildman–Crippen MR) is 110 cm³/mol. The average molecular weight is 461 g/mol. The molecule has 1 saturated heterocycles. The molecule has 1 heterocycles. The maximum absolute atomic E-state index is 11.5. The number of nitrogens with zero attached hydrogens (tertiary/aromatic N) is 2. The number of esters is 1. The molecule has 1 N–H and O–H groups in total. The SMILES string of the molecule is CCNC(=NCc1ccc(C(=O)OC)cc1)N1CCC(COC)C1.I. The molecule has 1 unspecified atom stereocenters. The van der Waals surface area contributed by atoms with Gasteiger partial charge in [0.15, 0.2) is 5.96 Å². The first-order chi connectivity index (χ1) is 11.7. The Hall–Kier alpha value is -1.35. The molecule has 0 aromatic heterocycles.